The summed E-state index contributed by atoms with van der Waals surface area (Å²) >= 11 is 0. The Hall–Kier alpha value is -3.75. The van der Waals surface area contributed by atoms with Gasteiger partial charge in [0, 0.05) is 13.3 Å². The van der Waals surface area contributed by atoms with Crippen LogP contribution in [-0.4, -0.2) is 35.8 Å². The number of hydrogen-bond acceptors (Lipinski definition) is 5. The van der Waals surface area contributed by atoms with Crippen LogP contribution in [0.4, 0.5) is 4.39 Å². The third kappa shape index (κ3) is 8.25. The van der Waals surface area contributed by atoms with Crippen LogP contribution in [0.15, 0.2) is 54.6 Å². The fraction of sp³-hybridized carbons (Fsp3) is 0.273. The number of benzene rings is 2. The third-order valence-corrected chi connectivity index (χ3v) is 4.30. The van der Waals surface area contributed by atoms with E-state index in [-0.39, 0.29) is 13.0 Å². The Balaban J connectivity index is 2.00. The van der Waals surface area contributed by atoms with Crippen molar-refractivity contribution >= 4 is 23.7 Å². The van der Waals surface area contributed by atoms with E-state index in [1.54, 1.807) is 30.3 Å². The highest BCUT2D eigenvalue weighted by atomic mass is 19.1. The van der Waals surface area contributed by atoms with E-state index in [4.69, 9.17) is 10.5 Å². The molecule has 2 aromatic carbocycles. The van der Waals surface area contributed by atoms with E-state index in [2.05, 4.69) is 10.6 Å². The Morgan fingerprint density at radius 1 is 0.968 bits per heavy atom. The van der Waals surface area contributed by atoms with Gasteiger partial charge in [0.25, 0.3) is 0 Å². The summed E-state index contributed by atoms with van der Waals surface area (Å²) in [7, 11) is 0. The lowest BCUT2D eigenvalue weighted by atomic mass is 10.0. The molecule has 9 heteroatoms. The molecule has 31 heavy (non-hydrogen) atoms. The molecule has 0 fully saturated rings. The molecule has 0 aromatic heterocycles. The van der Waals surface area contributed by atoms with Gasteiger partial charge in [-0.25, -0.2) is 4.39 Å². The maximum Gasteiger partial charge on any atom is 0.308 e. The molecule has 3 amide bonds. The average Bonchev–Trinajstić information content (AvgIpc) is 2.71. The number of hydrogen-bond donors (Lipinski definition) is 3. The number of carbonyl (C=O) groups excluding carboxylic acids is 4. The molecule has 2 rings (SSSR count). The third-order valence-electron chi connectivity index (χ3n) is 4.30. The first-order chi connectivity index (χ1) is 14.7. The maximum atomic E-state index is 13.4. The van der Waals surface area contributed by atoms with Crippen molar-refractivity contribution < 1.29 is 28.3 Å². The van der Waals surface area contributed by atoms with E-state index in [9.17, 15) is 23.6 Å². The summed E-state index contributed by atoms with van der Waals surface area (Å²) in [6, 6.07) is 12.1. The summed E-state index contributed by atoms with van der Waals surface area (Å²) in [5.74, 6) is -3.38. The van der Waals surface area contributed by atoms with Crippen LogP contribution in [0.5, 0.6) is 0 Å². The van der Waals surface area contributed by atoms with Crippen molar-refractivity contribution in [3.8, 4) is 0 Å². The first-order valence-electron chi connectivity index (χ1n) is 9.55. The molecule has 2 atom stereocenters. The molecule has 0 saturated carbocycles. The van der Waals surface area contributed by atoms with Crippen molar-refractivity contribution in [2.24, 2.45) is 5.73 Å². The standard InChI is InChI=1S/C22H24FN3O5/c1-14(27)25-19(11-16-8-5-9-17(23)10-16)22(30)26-18(21(24)29)12-20(28)31-13-15-6-3-2-4-7-15/h2-10,18-19H,11-13H2,1H3,(H2,24,29)(H,25,27)(H,26,30)/t18-,19+/m1/s1. The molecule has 0 radical (unpaired) electrons. The largest absolute Gasteiger partial charge is 0.461 e. The van der Waals surface area contributed by atoms with Crippen LogP contribution in [0.3, 0.4) is 0 Å². The minimum atomic E-state index is -1.33. The van der Waals surface area contributed by atoms with E-state index in [0.29, 0.717) is 5.56 Å². The van der Waals surface area contributed by atoms with Crippen molar-refractivity contribution in [2.75, 3.05) is 0 Å². The van der Waals surface area contributed by atoms with E-state index < -0.39 is 48.0 Å². The van der Waals surface area contributed by atoms with Crippen LogP contribution in [0, 0.1) is 5.82 Å². The minimum absolute atomic E-state index is 0.00713. The topological polar surface area (TPSA) is 128 Å². The number of amides is 3. The van der Waals surface area contributed by atoms with Crippen LogP contribution < -0.4 is 16.4 Å². The fourth-order valence-electron chi connectivity index (χ4n) is 2.81. The number of nitrogens with one attached hydrogen (secondary N) is 2. The summed E-state index contributed by atoms with van der Waals surface area (Å²) in [6.45, 7) is 1.23. The number of primary amides is 1. The number of ether oxygens (including phenoxy) is 1. The summed E-state index contributed by atoms with van der Waals surface area (Å²) in [6.07, 6.45) is -0.492. The average molecular weight is 429 g/mol. The molecule has 0 aliphatic rings. The van der Waals surface area contributed by atoms with Gasteiger partial charge in [-0.3, -0.25) is 19.2 Å². The Morgan fingerprint density at radius 2 is 1.65 bits per heavy atom. The van der Waals surface area contributed by atoms with Gasteiger partial charge in [-0.05, 0) is 23.3 Å². The van der Waals surface area contributed by atoms with E-state index in [0.717, 1.165) is 5.56 Å². The van der Waals surface area contributed by atoms with Gasteiger partial charge in [0.05, 0.1) is 6.42 Å². The molecule has 0 heterocycles. The number of halogens is 1. The molecule has 2 aromatic rings. The highest BCUT2D eigenvalue weighted by Crippen LogP contribution is 2.08. The van der Waals surface area contributed by atoms with Crippen molar-refractivity contribution in [1.29, 1.82) is 0 Å². The fourth-order valence-corrected chi connectivity index (χ4v) is 2.81. The Morgan fingerprint density at radius 3 is 2.26 bits per heavy atom. The second kappa shape index (κ2) is 11.4. The van der Waals surface area contributed by atoms with Crippen LogP contribution >= 0.6 is 0 Å². The van der Waals surface area contributed by atoms with E-state index in [1.807, 2.05) is 6.07 Å². The van der Waals surface area contributed by atoms with Gasteiger partial charge in [0.2, 0.25) is 17.7 Å². The van der Waals surface area contributed by atoms with Crippen LogP contribution in [0.1, 0.15) is 24.5 Å². The number of esters is 1. The molecule has 0 bridgehead atoms. The van der Waals surface area contributed by atoms with Gasteiger partial charge in [-0.1, -0.05) is 42.5 Å². The summed E-state index contributed by atoms with van der Waals surface area (Å²) < 4.78 is 18.6. The summed E-state index contributed by atoms with van der Waals surface area (Å²) in [5, 5.41) is 4.81. The lowest BCUT2D eigenvalue weighted by Crippen LogP contribution is -2.54. The van der Waals surface area contributed by atoms with Gasteiger partial charge in [0.15, 0.2) is 0 Å². The van der Waals surface area contributed by atoms with Gasteiger partial charge < -0.3 is 21.1 Å². The first kappa shape index (κ1) is 23.5. The van der Waals surface area contributed by atoms with Crippen molar-refractivity contribution in [3.05, 3.63) is 71.5 Å². The minimum Gasteiger partial charge on any atom is -0.461 e. The highest BCUT2D eigenvalue weighted by molar-refractivity contribution is 5.93. The molecule has 0 aliphatic carbocycles. The predicted molar refractivity (Wildman–Crippen MR) is 110 cm³/mol. The first-order valence-corrected chi connectivity index (χ1v) is 9.55. The van der Waals surface area contributed by atoms with Crippen molar-refractivity contribution in [1.82, 2.24) is 10.6 Å². The smallest absolute Gasteiger partial charge is 0.308 e. The molecule has 0 saturated heterocycles. The van der Waals surface area contributed by atoms with Gasteiger partial charge in [-0.15, -0.1) is 0 Å². The second-order valence-electron chi connectivity index (χ2n) is 6.90. The molecule has 0 aliphatic heterocycles. The Bertz CT molecular complexity index is 936. The van der Waals surface area contributed by atoms with Gasteiger partial charge >= 0.3 is 5.97 Å². The monoisotopic (exact) mass is 429 g/mol. The lowest BCUT2D eigenvalue weighted by Gasteiger charge is -2.21. The summed E-state index contributed by atoms with van der Waals surface area (Å²) in [4.78, 5) is 48.0. The normalized spacial score (nSPS) is 12.3. The Labute approximate surface area is 179 Å². The van der Waals surface area contributed by atoms with Crippen LogP contribution in [0.25, 0.3) is 0 Å². The van der Waals surface area contributed by atoms with Crippen LogP contribution in [-0.2, 0) is 36.9 Å². The highest BCUT2D eigenvalue weighted by Gasteiger charge is 2.27. The molecule has 0 unspecified atom stereocenters. The van der Waals surface area contributed by atoms with Gasteiger partial charge in [-0.2, -0.15) is 0 Å². The van der Waals surface area contributed by atoms with Crippen molar-refractivity contribution in [3.63, 3.8) is 0 Å². The number of nitrogens with two attached hydrogens (primary N) is 1. The zero-order valence-electron chi connectivity index (χ0n) is 17.0. The molecular formula is C22H24FN3O5. The lowest BCUT2D eigenvalue weighted by molar-refractivity contribution is -0.147. The zero-order chi connectivity index (χ0) is 22.8. The van der Waals surface area contributed by atoms with E-state index in [1.165, 1.54) is 25.1 Å². The second-order valence-corrected chi connectivity index (χ2v) is 6.90. The maximum absolute atomic E-state index is 13.4. The van der Waals surface area contributed by atoms with Crippen LogP contribution in [0.2, 0.25) is 0 Å². The van der Waals surface area contributed by atoms with Gasteiger partial charge in [0.1, 0.15) is 24.5 Å². The predicted octanol–water partition coefficient (Wildman–Crippen LogP) is 0.976. The SMILES string of the molecule is CC(=O)N[C@@H](Cc1cccc(F)c1)C(=O)N[C@H](CC(=O)OCc1ccccc1)C(N)=O. The molecular weight excluding hydrogens is 405 g/mol. The molecule has 4 N–H and O–H groups in total. The Kier molecular flexibility index (Phi) is 8.68. The number of rotatable bonds is 10. The summed E-state index contributed by atoms with van der Waals surface area (Å²) in [5.41, 5.74) is 6.54. The molecule has 0 spiro atoms. The molecule has 8 nitrogen and oxygen atoms in total. The zero-order valence-corrected chi connectivity index (χ0v) is 17.0. The quantitative estimate of drug-likeness (QED) is 0.485. The van der Waals surface area contributed by atoms with Crippen molar-refractivity contribution in [2.45, 2.75) is 38.5 Å². The van der Waals surface area contributed by atoms with E-state index >= 15 is 0 Å². The molecule has 164 valence electrons. The number of carbonyl (C=O) groups is 4.